The molecular weight excluding hydrogens is 560 g/mol. The molecule has 0 fully saturated rings. The van der Waals surface area contributed by atoms with Crippen molar-refractivity contribution in [2.24, 2.45) is 0 Å². The van der Waals surface area contributed by atoms with Crippen molar-refractivity contribution in [3.05, 3.63) is 108 Å². The lowest BCUT2D eigenvalue weighted by Crippen LogP contribution is -2.25. The monoisotopic (exact) mass is 585 g/mol. The highest BCUT2D eigenvalue weighted by Gasteiger charge is 2.26. The minimum Gasteiger partial charge on any atom is -0.455 e. The van der Waals surface area contributed by atoms with E-state index in [1.165, 1.54) is 50.5 Å². The highest BCUT2D eigenvalue weighted by Crippen LogP contribution is 2.42. The van der Waals surface area contributed by atoms with Gasteiger partial charge in [-0.15, -0.1) is 0 Å². The van der Waals surface area contributed by atoms with Gasteiger partial charge in [0, 0.05) is 53.9 Å². The third-order valence-corrected chi connectivity index (χ3v) is 8.50. The minimum atomic E-state index is -3.68. The number of nitrogens with zero attached hydrogens (tertiary/aromatic N) is 2. The fourth-order valence-corrected chi connectivity index (χ4v) is 5.60. The Labute approximate surface area is 240 Å². The molecule has 212 valence electrons. The SMILES string of the molecule is CNC(=O)c1c(-c2ccc(F)cc2)oc2cc(N(C)S(C)(=O)=O)c(-c3ccc4c(ccn4-c4ccc(F)cc4)c3)cc12. The molecule has 0 radical (unpaired) electrons. The fourth-order valence-electron chi connectivity index (χ4n) is 5.09. The van der Waals surface area contributed by atoms with E-state index in [0.717, 1.165) is 27.2 Å². The topological polar surface area (TPSA) is 84.6 Å². The second kappa shape index (κ2) is 10.1. The number of carbonyl (C=O) groups excluding carboxylic acids is 1. The Bertz CT molecular complexity index is 2100. The van der Waals surface area contributed by atoms with Crippen molar-refractivity contribution in [3.8, 4) is 28.1 Å². The van der Waals surface area contributed by atoms with E-state index in [-0.39, 0.29) is 17.1 Å². The molecule has 7 nitrogen and oxygen atoms in total. The zero-order valence-electron chi connectivity index (χ0n) is 22.9. The average Bonchev–Trinajstić information content (AvgIpc) is 3.57. The number of fused-ring (bicyclic) bond motifs is 2. The summed E-state index contributed by atoms with van der Waals surface area (Å²) in [6, 6.07) is 22.7. The highest BCUT2D eigenvalue weighted by atomic mass is 32.2. The van der Waals surface area contributed by atoms with Gasteiger partial charge in [0.15, 0.2) is 0 Å². The van der Waals surface area contributed by atoms with Crippen LogP contribution in [0.3, 0.4) is 0 Å². The molecule has 1 N–H and O–H groups in total. The number of aromatic nitrogens is 1. The van der Waals surface area contributed by atoms with Crippen molar-refractivity contribution in [3.63, 3.8) is 0 Å². The lowest BCUT2D eigenvalue weighted by molar-refractivity contribution is 0.0964. The first kappa shape index (κ1) is 27.2. The van der Waals surface area contributed by atoms with Crippen molar-refractivity contribution < 1.29 is 26.4 Å². The predicted molar refractivity (Wildman–Crippen MR) is 160 cm³/mol. The second-order valence-electron chi connectivity index (χ2n) is 9.92. The van der Waals surface area contributed by atoms with E-state index in [4.69, 9.17) is 4.42 Å². The standard InChI is InChI=1S/C32H25F2N3O4S/c1-35-32(38)30-26-17-25(20-6-13-27-21(16-20)14-15-37(27)24-11-9-23(34)10-12-24)28(36(2)42(3,39)40)18-29(26)41-31(30)19-4-7-22(33)8-5-19/h4-18H,1-3H3,(H,35,38). The maximum atomic E-state index is 13.7. The van der Waals surface area contributed by atoms with E-state index in [0.29, 0.717) is 33.3 Å². The number of carbonyl (C=O) groups is 1. The number of benzene rings is 4. The van der Waals surface area contributed by atoms with Gasteiger partial charge in [-0.05, 0) is 78.4 Å². The molecule has 0 atom stereocenters. The van der Waals surface area contributed by atoms with E-state index in [1.54, 1.807) is 24.3 Å². The van der Waals surface area contributed by atoms with Gasteiger partial charge in [-0.25, -0.2) is 17.2 Å². The number of furan rings is 1. The summed E-state index contributed by atoms with van der Waals surface area (Å²) in [7, 11) is -0.725. The number of anilines is 1. The van der Waals surface area contributed by atoms with Crippen LogP contribution in [0.4, 0.5) is 14.5 Å². The van der Waals surface area contributed by atoms with Gasteiger partial charge in [0.05, 0.1) is 23.0 Å². The van der Waals surface area contributed by atoms with Crippen LogP contribution in [0.15, 0.2) is 95.5 Å². The van der Waals surface area contributed by atoms with Gasteiger partial charge in [-0.2, -0.15) is 0 Å². The quantitative estimate of drug-likeness (QED) is 0.235. The summed E-state index contributed by atoms with van der Waals surface area (Å²) in [5.41, 5.74) is 4.32. The molecule has 10 heteroatoms. The smallest absolute Gasteiger partial charge is 0.255 e. The van der Waals surface area contributed by atoms with Crippen molar-refractivity contribution in [2.75, 3.05) is 24.7 Å². The van der Waals surface area contributed by atoms with Gasteiger partial charge < -0.3 is 14.3 Å². The Morgan fingerprint density at radius 1 is 0.881 bits per heavy atom. The largest absolute Gasteiger partial charge is 0.455 e. The molecule has 4 aromatic carbocycles. The van der Waals surface area contributed by atoms with Crippen LogP contribution in [0.25, 0.3) is 50.0 Å². The first-order valence-corrected chi connectivity index (χ1v) is 14.8. The summed E-state index contributed by atoms with van der Waals surface area (Å²) in [6.07, 6.45) is 2.98. The van der Waals surface area contributed by atoms with Gasteiger partial charge in [0.2, 0.25) is 10.0 Å². The van der Waals surface area contributed by atoms with E-state index in [1.807, 2.05) is 35.0 Å². The van der Waals surface area contributed by atoms with Gasteiger partial charge in [-0.1, -0.05) is 6.07 Å². The number of halogens is 2. The van der Waals surface area contributed by atoms with E-state index >= 15 is 0 Å². The molecule has 0 unspecified atom stereocenters. The lowest BCUT2D eigenvalue weighted by atomic mass is 9.97. The molecule has 6 rings (SSSR count). The van der Waals surface area contributed by atoms with Gasteiger partial charge in [0.25, 0.3) is 5.91 Å². The molecule has 0 saturated carbocycles. The molecular formula is C32H25F2N3O4S. The number of hydrogen-bond acceptors (Lipinski definition) is 4. The first-order valence-electron chi connectivity index (χ1n) is 12.9. The summed E-state index contributed by atoms with van der Waals surface area (Å²) >= 11 is 0. The van der Waals surface area contributed by atoms with Crippen LogP contribution >= 0.6 is 0 Å². The van der Waals surface area contributed by atoms with E-state index < -0.39 is 21.7 Å². The van der Waals surface area contributed by atoms with Crippen molar-refractivity contribution in [1.29, 1.82) is 0 Å². The maximum Gasteiger partial charge on any atom is 0.255 e. The molecule has 0 aliphatic heterocycles. The molecule has 0 bridgehead atoms. The maximum absolute atomic E-state index is 13.7. The summed E-state index contributed by atoms with van der Waals surface area (Å²) in [5.74, 6) is -0.927. The van der Waals surface area contributed by atoms with E-state index in [9.17, 15) is 22.0 Å². The number of amides is 1. The summed E-state index contributed by atoms with van der Waals surface area (Å²) in [6.45, 7) is 0. The van der Waals surface area contributed by atoms with Crippen LogP contribution in [0.5, 0.6) is 0 Å². The Kier molecular flexibility index (Phi) is 6.58. The Morgan fingerprint density at radius 3 is 2.17 bits per heavy atom. The van der Waals surface area contributed by atoms with E-state index in [2.05, 4.69) is 5.32 Å². The Morgan fingerprint density at radius 2 is 1.52 bits per heavy atom. The Balaban J connectivity index is 1.59. The molecule has 2 aromatic heterocycles. The summed E-state index contributed by atoms with van der Waals surface area (Å²) in [4.78, 5) is 13.1. The first-order chi connectivity index (χ1) is 20.0. The predicted octanol–water partition coefficient (Wildman–Crippen LogP) is 6.74. The van der Waals surface area contributed by atoms with Crippen molar-refractivity contribution >= 4 is 43.5 Å². The normalized spacial score (nSPS) is 11.7. The van der Waals surface area contributed by atoms with Crippen molar-refractivity contribution in [2.45, 2.75) is 0 Å². The molecule has 0 saturated heterocycles. The number of rotatable bonds is 6. The number of hydrogen-bond donors (Lipinski definition) is 1. The minimum absolute atomic E-state index is 0.237. The molecule has 2 heterocycles. The summed E-state index contributed by atoms with van der Waals surface area (Å²) < 4.78 is 61.8. The molecule has 0 spiro atoms. The molecule has 1 amide bonds. The van der Waals surface area contributed by atoms with Crippen LogP contribution in [-0.2, 0) is 10.0 Å². The average molecular weight is 586 g/mol. The third-order valence-electron chi connectivity index (χ3n) is 7.31. The fraction of sp³-hybridized carbons (Fsp3) is 0.0938. The van der Waals surface area contributed by atoms with Crippen LogP contribution in [0.1, 0.15) is 10.4 Å². The zero-order chi connectivity index (χ0) is 29.8. The Hall–Kier alpha value is -4.96. The number of nitrogens with one attached hydrogen (secondary N) is 1. The highest BCUT2D eigenvalue weighted by molar-refractivity contribution is 7.92. The molecule has 42 heavy (non-hydrogen) atoms. The molecule has 0 aliphatic carbocycles. The molecule has 0 aliphatic rings. The van der Waals surface area contributed by atoms with Gasteiger partial charge in [-0.3, -0.25) is 9.10 Å². The lowest BCUT2D eigenvalue weighted by Gasteiger charge is -2.21. The van der Waals surface area contributed by atoms with Crippen LogP contribution in [0, 0.1) is 11.6 Å². The van der Waals surface area contributed by atoms with Crippen LogP contribution < -0.4 is 9.62 Å². The second-order valence-corrected chi connectivity index (χ2v) is 11.9. The van der Waals surface area contributed by atoms with Crippen LogP contribution in [-0.4, -0.2) is 39.2 Å². The summed E-state index contributed by atoms with van der Waals surface area (Å²) in [5, 5.41) is 3.98. The van der Waals surface area contributed by atoms with Gasteiger partial charge >= 0.3 is 0 Å². The van der Waals surface area contributed by atoms with Crippen molar-refractivity contribution in [1.82, 2.24) is 9.88 Å². The molecule has 6 aromatic rings. The number of sulfonamides is 1. The van der Waals surface area contributed by atoms with Gasteiger partial charge in [0.1, 0.15) is 23.0 Å². The third kappa shape index (κ3) is 4.69. The van der Waals surface area contributed by atoms with Crippen LogP contribution in [0.2, 0.25) is 0 Å². The zero-order valence-corrected chi connectivity index (χ0v) is 23.7.